The van der Waals surface area contributed by atoms with Crippen molar-refractivity contribution in [1.82, 2.24) is 5.32 Å². The van der Waals surface area contributed by atoms with E-state index in [0.29, 0.717) is 0 Å². The van der Waals surface area contributed by atoms with Gasteiger partial charge >= 0.3 is 5.97 Å². The van der Waals surface area contributed by atoms with E-state index in [1.165, 1.54) is 18.4 Å². The van der Waals surface area contributed by atoms with Gasteiger partial charge in [0, 0.05) is 18.5 Å². The highest BCUT2D eigenvalue weighted by atomic mass is 32.1. The molecule has 0 aliphatic heterocycles. The molecule has 0 saturated heterocycles. The van der Waals surface area contributed by atoms with Crippen molar-refractivity contribution in [3.8, 4) is 0 Å². The van der Waals surface area contributed by atoms with E-state index in [1.54, 1.807) is 12.1 Å². The molecule has 1 heterocycles. The van der Waals surface area contributed by atoms with E-state index in [4.69, 9.17) is 15.6 Å². The molecule has 0 aliphatic rings. The molecule has 1 rings (SSSR count). The van der Waals surface area contributed by atoms with Crippen molar-refractivity contribution >= 4 is 23.2 Å². The third-order valence-corrected chi connectivity index (χ3v) is 3.36. The second-order valence-corrected chi connectivity index (χ2v) is 4.61. The van der Waals surface area contributed by atoms with Crippen molar-refractivity contribution in [1.29, 1.82) is 0 Å². The Hall–Kier alpha value is -1.44. The number of methoxy groups -OCH3 is 1. The summed E-state index contributed by atoms with van der Waals surface area (Å²) in [6, 6.07) is 3.03. The van der Waals surface area contributed by atoms with Crippen LogP contribution in [-0.4, -0.2) is 36.7 Å². The Morgan fingerprint density at radius 2 is 2.33 bits per heavy atom. The molecule has 7 heteroatoms. The molecule has 0 fully saturated rings. The summed E-state index contributed by atoms with van der Waals surface area (Å²) in [6.07, 6.45) is -0.936. The number of thiophene rings is 1. The van der Waals surface area contributed by atoms with Gasteiger partial charge in [-0.1, -0.05) is 6.07 Å². The van der Waals surface area contributed by atoms with Gasteiger partial charge in [-0.2, -0.15) is 0 Å². The summed E-state index contributed by atoms with van der Waals surface area (Å²) in [5, 5.41) is 13.3. The monoisotopic (exact) mass is 272 g/mol. The van der Waals surface area contributed by atoms with Gasteiger partial charge in [-0.25, -0.2) is 0 Å². The number of carboxylic acid groups (broad SMARTS) is 1. The molecule has 0 bridgehead atoms. The first kappa shape index (κ1) is 14.6. The van der Waals surface area contributed by atoms with Gasteiger partial charge in [-0.05, 0) is 11.4 Å². The predicted octanol–water partition coefficient (Wildman–Crippen LogP) is 0.354. The van der Waals surface area contributed by atoms with Gasteiger partial charge in [-0.3, -0.25) is 9.59 Å². The highest BCUT2D eigenvalue weighted by molar-refractivity contribution is 7.10. The number of rotatable bonds is 7. The summed E-state index contributed by atoms with van der Waals surface area (Å²) >= 11 is 1.39. The molecule has 2 atom stereocenters. The number of nitrogens with two attached hydrogens (primary N) is 1. The van der Waals surface area contributed by atoms with Crippen molar-refractivity contribution < 1.29 is 19.4 Å². The normalized spacial score (nSPS) is 13.9. The van der Waals surface area contributed by atoms with Crippen molar-refractivity contribution in [2.45, 2.75) is 18.6 Å². The number of hydrogen-bond donors (Lipinski definition) is 3. The van der Waals surface area contributed by atoms with Crippen LogP contribution in [0.4, 0.5) is 0 Å². The first-order chi connectivity index (χ1) is 8.58. The average Bonchev–Trinajstić information content (AvgIpc) is 2.82. The van der Waals surface area contributed by atoms with Crippen LogP contribution in [-0.2, 0) is 14.3 Å². The number of carboxylic acids is 1. The van der Waals surface area contributed by atoms with Crippen molar-refractivity contribution in [3.05, 3.63) is 22.4 Å². The number of carbonyl (C=O) groups excluding carboxylic acids is 1. The number of nitrogens with one attached hydrogen (secondary N) is 1. The van der Waals surface area contributed by atoms with Crippen LogP contribution >= 0.6 is 11.3 Å². The van der Waals surface area contributed by atoms with Crippen molar-refractivity contribution in [2.24, 2.45) is 5.73 Å². The maximum Gasteiger partial charge on any atom is 0.305 e. The summed E-state index contributed by atoms with van der Waals surface area (Å²) in [7, 11) is 1.38. The zero-order valence-electron chi connectivity index (χ0n) is 9.96. The van der Waals surface area contributed by atoms with E-state index >= 15 is 0 Å². The smallest absolute Gasteiger partial charge is 0.305 e. The minimum atomic E-state index is -0.976. The molecule has 0 saturated carbocycles. The van der Waals surface area contributed by atoms with Crippen LogP contribution in [0.3, 0.4) is 0 Å². The maximum absolute atomic E-state index is 11.8. The molecular formula is C11H16N2O4S. The zero-order valence-corrected chi connectivity index (χ0v) is 10.8. The number of hydrogen-bond acceptors (Lipinski definition) is 5. The lowest BCUT2D eigenvalue weighted by Gasteiger charge is -2.19. The van der Waals surface area contributed by atoms with Crippen LogP contribution in [0.5, 0.6) is 0 Å². The zero-order chi connectivity index (χ0) is 13.5. The third-order valence-electron chi connectivity index (χ3n) is 2.37. The van der Waals surface area contributed by atoms with Crippen molar-refractivity contribution in [3.63, 3.8) is 0 Å². The second kappa shape index (κ2) is 7.10. The van der Waals surface area contributed by atoms with Crippen LogP contribution in [0.25, 0.3) is 0 Å². The summed E-state index contributed by atoms with van der Waals surface area (Å²) in [6.45, 7) is 0.0482. The molecule has 2 unspecified atom stereocenters. The van der Waals surface area contributed by atoms with E-state index in [-0.39, 0.29) is 13.0 Å². The Morgan fingerprint density at radius 3 is 2.78 bits per heavy atom. The highest BCUT2D eigenvalue weighted by Gasteiger charge is 2.23. The molecule has 4 N–H and O–H groups in total. The molecule has 0 spiro atoms. The summed E-state index contributed by atoms with van der Waals surface area (Å²) in [5.41, 5.74) is 5.38. The maximum atomic E-state index is 11.8. The second-order valence-electron chi connectivity index (χ2n) is 3.63. The SMILES string of the molecule is COC(CN)C(=O)NC(CC(=O)O)c1cccs1. The minimum absolute atomic E-state index is 0.0482. The van der Waals surface area contributed by atoms with E-state index in [2.05, 4.69) is 5.32 Å². The molecule has 100 valence electrons. The van der Waals surface area contributed by atoms with Crippen LogP contribution in [0.1, 0.15) is 17.3 Å². The molecule has 0 radical (unpaired) electrons. The topological polar surface area (TPSA) is 102 Å². The van der Waals surface area contributed by atoms with Gasteiger partial charge in [-0.15, -0.1) is 11.3 Å². The quantitative estimate of drug-likeness (QED) is 0.665. The number of amides is 1. The van der Waals surface area contributed by atoms with Gasteiger partial charge in [0.05, 0.1) is 12.5 Å². The number of ether oxygens (including phenoxy) is 1. The largest absolute Gasteiger partial charge is 0.481 e. The standard InChI is InChI=1S/C11H16N2O4S/c1-17-8(6-12)11(16)13-7(5-10(14)15)9-3-2-4-18-9/h2-4,7-8H,5-6,12H2,1H3,(H,13,16)(H,14,15). The molecule has 18 heavy (non-hydrogen) atoms. The highest BCUT2D eigenvalue weighted by Crippen LogP contribution is 2.22. The van der Waals surface area contributed by atoms with E-state index in [1.807, 2.05) is 5.38 Å². The summed E-state index contributed by atoms with van der Waals surface area (Å²) in [5.74, 6) is -1.38. The fourth-order valence-corrected chi connectivity index (χ4v) is 2.24. The fraction of sp³-hybridized carbons (Fsp3) is 0.455. The molecular weight excluding hydrogens is 256 g/mol. The van der Waals surface area contributed by atoms with Gasteiger partial charge in [0.25, 0.3) is 5.91 Å². The molecule has 0 aliphatic carbocycles. The Labute approximate surface area is 109 Å². The van der Waals surface area contributed by atoms with Crippen LogP contribution in [0.2, 0.25) is 0 Å². The lowest BCUT2D eigenvalue weighted by molar-refractivity contribution is -0.138. The first-order valence-corrected chi connectivity index (χ1v) is 6.24. The minimum Gasteiger partial charge on any atom is -0.481 e. The Balaban J connectivity index is 2.73. The molecule has 0 aromatic carbocycles. The van der Waals surface area contributed by atoms with Gasteiger partial charge in [0.1, 0.15) is 6.10 Å². The molecule has 1 aromatic rings. The Bertz CT molecular complexity index is 390. The molecule has 1 amide bonds. The molecule has 6 nitrogen and oxygen atoms in total. The molecule has 1 aromatic heterocycles. The van der Waals surface area contributed by atoms with Gasteiger partial charge in [0.2, 0.25) is 0 Å². The van der Waals surface area contributed by atoms with E-state index in [0.717, 1.165) is 4.88 Å². The number of carbonyl (C=O) groups is 2. The van der Waals surface area contributed by atoms with E-state index in [9.17, 15) is 9.59 Å². The first-order valence-electron chi connectivity index (χ1n) is 5.37. The van der Waals surface area contributed by atoms with Gasteiger partial charge in [0.15, 0.2) is 0 Å². The third kappa shape index (κ3) is 4.10. The van der Waals surface area contributed by atoms with Crippen LogP contribution in [0.15, 0.2) is 17.5 Å². The lowest BCUT2D eigenvalue weighted by atomic mass is 10.1. The van der Waals surface area contributed by atoms with Crippen LogP contribution < -0.4 is 11.1 Å². The van der Waals surface area contributed by atoms with Crippen LogP contribution in [0, 0.1) is 0 Å². The fourth-order valence-electron chi connectivity index (χ4n) is 1.46. The number of aliphatic carboxylic acids is 1. The van der Waals surface area contributed by atoms with Gasteiger partial charge < -0.3 is 20.9 Å². The predicted molar refractivity (Wildman–Crippen MR) is 67.3 cm³/mol. The van der Waals surface area contributed by atoms with Crippen molar-refractivity contribution in [2.75, 3.05) is 13.7 Å². The summed E-state index contributed by atoms with van der Waals surface area (Å²) < 4.78 is 4.90. The Morgan fingerprint density at radius 1 is 1.61 bits per heavy atom. The lowest BCUT2D eigenvalue weighted by Crippen LogP contribution is -2.42. The van der Waals surface area contributed by atoms with E-state index < -0.39 is 24.0 Å². The Kier molecular flexibility index (Phi) is 5.76. The average molecular weight is 272 g/mol. The summed E-state index contributed by atoms with van der Waals surface area (Å²) in [4.78, 5) is 23.4.